The van der Waals surface area contributed by atoms with E-state index in [0.717, 1.165) is 5.56 Å². The van der Waals surface area contributed by atoms with Crippen LogP contribution < -0.4 is 5.32 Å². The molecular weight excluding hydrogens is 512 g/mol. The standard InChI is InChI=1S/C27H35ClN4O6/c1-6-37-26(36)32-13-11-31(12-14-32)25(35)20(9-10-23(33)38-27(3,4)5)30-24(34)22-16-19(28)18-8-7-17(2)15-21(18)29-22/h7-8,15-16,20H,6,9-14H2,1-5H3,(H,30,34)/t20-/m0/s1. The molecule has 1 N–H and O–H groups in total. The van der Waals surface area contributed by atoms with Gasteiger partial charge in [0.1, 0.15) is 17.3 Å². The summed E-state index contributed by atoms with van der Waals surface area (Å²) in [6.07, 6.45) is -0.455. The molecule has 0 saturated carbocycles. The maximum atomic E-state index is 13.5. The molecule has 3 rings (SSSR count). The van der Waals surface area contributed by atoms with Gasteiger partial charge in [-0.3, -0.25) is 14.4 Å². The van der Waals surface area contributed by atoms with E-state index in [-0.39, 0.29) is 44.1 Å². The number of pyridine rings is 1. The van der Waals surface area contributed by atoms with E-state index in [1.54, 1.807) is 32.6 Å². The molecule has 0 spiro atoms. The monoisotopic (exact) mass is 546 g/mol. The Morgan fingerprint density at radius 2 is 1.74 bits per heavy atom. The van der Waals surface area contributed by atoms with Crippen LogP contribution >= 0.6 is 11.6 Å². The molecule has 0 radical (unpaired) electrons. The number of ether oxygens (including phenoxy) is 2. The molecule has 3 amide bonds. The Balaban J connectivity index is 1.77. The Morgan fingerprint density at radius 3 is 2.37 bits per heavy atom. The van der Waals surface area contributed by atoms with Gasteiger partial charge in [0.25, 0.3) is 5.91 Å². The van der Waals surface area contributed by atoms with Crippen LogP contribution in [0.15, 0.2) is 24.3 Å². The largest absolute Gasteiger partial charge is 0.460 e. The van der Waals surface area contributed by atoms with E-state index in [2.05, 4.69) is 10.3 Å². The van der Waals surface area contributed by atoms with Gasteiger partial charge in [-0.25, -0.2) is 9.78 Å². The molecule has 206 valence electrons. The normalized spacial score (nSPS) is 14.7. The average molecular weight is 547 g/mol. The Bertz CT molecular complexity index is 1200. The first-order valence-corrected chi connectivity index (χ1v) is 13.1. The molecule has 1 saturated heterocycles. The van der Waals surface area contributed by atoms with E-state index in [0.29, 0.717) is 29.0 Å². The zero-order valence-corrected chi connectivity index (χ0v) is 23.3. The number of carbonyl (C=O) groups excluding carboxylic acids is 4. The molecule has 2 heterocycles. The summed E-state index contributed by atoms with van der Waals surface area (Å²) < 4.78 is 10.4. The molecule has 1 aromatic carbocycles. The van der Waals surface area contributed by atoms with Crippen molar-refractivity contribution in [2.75, 3.05) is 32.8 Å². The van der Waals surface area contributed by atoms with Crippen LogP contribution in [0.5, 0.6) is 0 Å². The number of benzene rings is 1. The van der Waals surface area contributed by atoms with Crippen LogP contribution in [-0.2, 0) is 19.1 Å². The SMILES string of the molecule is CCOC(=O)N1CCN(C(=O)[C@H](CCC(=O)OC(C)(C)C)NC(=O)c2cc(Cl)c3ccc(C)cc3n2)CC1. The van der Waals surface area contributed by atoms with E-state index in [1.807, 2.05) is 25.1 Å². The maximum Gasteiger partial charge on any atom is 0.409 e. The third-order valence-electron chi connectivity index (χ3n) is 5.93. The lowest BCUT2D eigenvalue weighted by Crippen LogP contribution is -2.56. The molecule has 11 heteroatoms. The van der Waals surface area contributed by atoms with Gasteiger partial charge in [-0.05, 0) is 58.7 Å². The van der Waals surface area contributed by atoms with Crippen LogP contribution in [0, 0.1) is 6.92 Å². The minimum absolute atomic E-state index is 0.0397. The molecule has 10 nitrogen and oxygen atoms in total. The second kappa shape index (κ2) is 12.4. The van der Waals surface area contributed by atoms with Gasteiger partial charge in [0.05, 0.1) is 17.1 Å². The van der Waals surface area contributed by atoms with Crippen molar-refractivity contribution in [3.63, 3.8) is 0 Å². The van der Waals surface area contributed by atoms with Gasteiger partial charge in [0, 0.05) is 38.0 Å². The third kappa shape index (κ3) is 7.80. The van der Waals surface area contributed by atoms with Crippen molar-refractivity contribution in [3.8, 4) is 0 Å². The van der Waals surface area contributed by atoms with E-state index >= 15 is 0 Å². The molecule has 1 fully saturated rings. The number of nitrogens with zero attached hydrogens (tertiary/aromatic N) is 3. The second-order valence-corrected chi connectivity index (χ2v) is 10.6. The predicted molar refractivity (Wildman–Crippen MR) is 143 cm³/mol. The highest BCUT2D eigenvalue weighted by atomic mass is 35.5. The lowest BCUT2D eigenvalue weighted by atomic mass is 10.1. The Morgan fingerprint density at radius 1 is 1.08 bits per heavy atom. The number of aryl methyl sites for hydroxylation is 1. The summed E-state index contributed by atoms with van der Waals surface area (Å²) in [4.78, 5) is 58.6. The number of hydrogen-bond acceptors (Lipinski definition) is 7. The van der Waals surface area contributed by atoms with Crippen molar-refractivity contribution >= 4 is 46.4 Å². The van der Waals surface area contributed by atoms with Crippen LogP contribution in [0.2, 0.25) is 5.02 Å². The van der Waals surface area contributed by atoms with Gasteiger partial charge in [-0.1, -0.05) is 23.7 Å². The van der Waals surface area contributed by atoms with Crippen LogP contribution in [0.25, 0.3) is 10.9 Å². The van der Waals surface area contributed by atoms with Crippen molar-refractivity contribution in [2.45, 2.75) is 59.1 Å². The third-order valence-corrected chi connectivity index (χ3v) is 6.24. The first-order chi connectivity index (χ1) is 17.9. The number of halogens is 1. The zero-order chi connectivity index (χ0) is 28.0. The number of amides is 3. The maximum absolute atomic E-state index is 13.5. The molecule has 1 atom stereocenters. The first kappa shape index (κ1) is 29.2. The fourth-order valence-electron chi connectivity index (χ4n) is 4.10. The minimum atomic E-state index is -1.00. The molecule has 38 heavy (non-hydrogen) atoms. The lowest BCUT2D eigenvalue weighted by Gasteiger charge is -2.36. The van der Waals surface area contributed by atoms with Gasteiger partial charge in [0.15, 0.2) is 0 Å². The Labute approximate surface area is 227 Å². The Hall–Kier alpha value is -3.40. The fourth-order valence-corrected chi connectivity index (χ4v) is 4.36. The van der Waals surface area contributed by atoms with Crippen LogP contribution in [0.4, 0.5) is 4.79 Å². The quantitative estimate of drug-likeness (QED) is 0.526. The molecule has 1 aromatic heterocycles. The fraction of sp³-hybridized carbons (Fsp3) is 0.519. The summed E-state index contributed by atoms with van der Waals surface area (Å²) in [5.41, 5.74) is 0.920. The highest BCUT2D eigenvalue weighted by Crippen LogP contribution is 2.24. The molecule has 1 aliphatic heterocycles. The predicted octanol–water partition coefficient (Wildman–Crippen LogP) is 3.72. The van der Waals surface area contributed by atoms with Crippen molar-refractivity contribution in [2.24, 2.45) is 0 Å². The number of piperazine rings is 1. The van der Waals surface area contributed by atoms with E-state index in [9.17, 15) is 19.2 Å². The number of aromatic nitrogens is 1. The first-order valence-electron chi connectivity index (χ1n) is 12.7. The summed E-state index contributed by atoms with van der Waals surface area (Å²) in [5, 5.41) is 3.83. The van der Waals surface area contributed by atoms with Gasteiger partial charge in [-0.2, -0.15) is 0 Å². The van der Waals surface area contributed by atoms with Gasteiger partial charge in [0.2, 0.25) is 5.91 Å². The number of hydrogen-bond donors (Lipinski definition) is 1. The molecule has 2 aromatic rings. The smallest absolute Gasteiger partial charge is 0.409 e. The van der Waals surface area contributed by atoms with Crippen molar-refractivity contribution in [1.29, 1.82) is 0 Å². The van der Waals surface area contributed by atoms with Gasteiger partial charge < -0.3 is 24.6 Å². The minimum Gasteiger partial charge on any atom is -0.460 e. The number of rotatable bonds is 7. The summed E-state index contributed by atoms with van der Waals surface area (Å²) in [6, 6.07) is 6.03. The molecule has 0 unspecified atom stereocenters. The number of esters is 1. The summed E-state index contributed by atoms with van der Waals surface area (Å²) in [5.74, 6) is -1.41. The molecule has 0 bridgehead atoms. The Kier molecular flexibility index (Phi) is 9.54. The number of nitrogens with one attached hydrogen (secondary N) is 1. The summed E-state index contributed by atoms with van der Waals surface area (Å²) in [7, 11) is 0. The molecular formula is C27H35ClN4O6. The van der Waals surface area contributed by atoms with E-state index < -0.39 is 29.6 Å². The molecule has 0 aliphatic carbocycles. The van der Waals surface area contributed by atoms with Crippen LogP contribution in [-0.4, -0.2) is 83.1 Å². The highest BCUT2D eigenvalue weighted by Gasteiger charge is 2.31. The number of carbonyl (C=O) groups is 4. The van der Waals surface area contributed by atoms with Gasteiger partial charge >= 0.3 is 12.1 Å². The van der Waals surface area contributed by atoms with Crippen molar-refractivity contribution in [1.82, 2.24) is 20.1 Å². The van der Waals surface area contributed by atoms with E-state index in [1.165, 1.54) is 11.0 Å². The second-order valence-electron chi connectivity index (χ2n) is 10.2. The molecule has 1 aliphatic rings. The zero-order valence-electron chi connectivity index (χ0n) is 22.5. The summed E-state index contributed by atoms with van der Waals surface area (Å²) in [6.45, 7) is 10.3. The topological polar surface area (TPSA) is 118 Å². The van der Waals surface area contributed by atoms with E-state index in [4.69, 9.17) is 21.1 Å². The van der Waals surface area contributed by atoms with Crippen molar-refractivity contribution < 1.29 is 28.7 Å². The lowest BCUT2D eigenvalue weighted by molar-refractivity contribution is -0.155. The number of fused-ring (bicyclic) bond motifs is 1. The van der Waals surface area contributed by atoms with Crippen molar-refractivity contribution in [3.05, 3.63) is 40.5 Å². The highest BCUT2D eigenvalue weighted by molar-refractivity contribution is 6.35. The van der Waals surface area contributed by atoms with Crippen LogP contribution in [0.3, 0.4) is 0 Å². The summed E-state index contributed by atoms with van der Waals surface area (Å²) >= 11 is 6.41. The van der Waals surface area contributed by atoms with Gasteiger partial charge in [-0.15, -0.1) is 0 Å². The average Bonchev–Trinajstić information content (AvgIpc) is 2.84. The van der Waals surface area contributed by atoms with Crippen LogP contribution in [0.1, 0.15) is 56.6 Å².